The van der Waals surface area contributed by atoms with E-state index in [2.05, 4.69) is 15.3 Å². The molecule has 0 unspecified atom stereocenters. The van der Waals surface area contributed by atoms with Crippen LogP contribution < -0.4 is 5.32 Å². The number of nitrogens with one attached hydrogen (secondary N) is 1. The van der Waals surface area contributed by atoms with Crippen molar-refractivity contribution in [1.82, 2.24) is 9.97 Å². The van der Waals surface area contributed by atoms with Crippen molar-refractivity contribution in [2.24, 2.45) is 0 Å². The number of ketones is 1. The number of anilines is 1. The molecule has 2 heterocycles. The number of aromatic nitrogens is 2. The molecule has 0 aliphatic carbocycles. The third kappa shape index (κ3) is 5.23. The molecule has 0 saturated heterocycles. The molecule has 0 radical (unpaired) electrons. The first-order chi connectivity index (χ1) is 13.3. The number of alkyl halides is 3. The molecule has 144 valence electrons. The molecule has 0 saturated carbocycles. The van der Waals surface area contributed by atoms with Crippen LogP contribution in [0.25, 0.3) is 0 Å². The van der Waals surface area contributed by atoms with Gasteiger partial charge in [-0.2, -0.15) is 13.2 Å². The van der Waals surface area contributed by atoms with E-state index in [1.807, 2.05) is 0 Å². The first-order valence-electron chi connectivity index (χ1n) is 8.13. The Labute approximate surface area is 162 Å². The SMILES string of the molecule is O=C(Cc1ccc(C(F)(F)F)cc1)Nc1ccc(CC(=O)c2cscn2)nc1. The van der Waals surface area contributed by atoms with E-state index in [1.165, 1.54) is 29.7 Å². The maximum absolute atomic E-state index is 12.6. The van der Waals surface area contributed by atoms with E-state index in [4.69, 9.17) is 0 Å². The van der Waals surface area contributed by atoms with Crippen LogP contribution in [-0.4, -0.2) is 21.7 Å². The van der Waals surface area contributed by atoms with Crippen LogP contribution in [0, 0.1) is 0 Å². The molecule has 28 heavy (non-hydrogen) atoms. The van der Waals surface area contributed by atoms with Crippen molar-refractivity contribution in [3.05, 3.63) is 76.0 Å². The molecule has 0 bridgehead atoms. The van der Waals surface area contributed by atoms with Gasteiger partial charge in [0.2, 0.25) is 5.91 Å². The molecule has 3 aromatic rings. The predicted octanol–water partition coefficient (Wildman–Crippen LogP) is 4.16. The molecular weight excluding hydrogens is 391 g/mol. The average Bonchev–Trinajstić information content (AvgIpc) is 3.18. The number of halogens is 3. The molecule has 9 heteroatoms. The van der Waals surface area contributed by atoms with Gasteiger partial charge in [-0.15, -0.1) is 11.3 Å². The number of carbonyl (C=O) groups excluding carboxylic acids is 2. The minimum absolute atomic E-state index is 0.0673. The van der Waals surface area contributed by atoms with Gasteiger partial charge in [0.05, 0.1) is 35.8 Å². The second-order valence-electron chi connectivity index (χ2n) is 5.93. The molecule has 0 fully saturated rings. The number of rotatable bonds is 6. The third-order valence-electron chi connectivity index (χ3n) is 3.81. The van der Waals surface area contributed by atoms with Crippen molar-refractivity contribution in [3.63, 3.8) is 0 Å². The summed E-state index contributed by atoms with van der Waals surface area (Å²) in [6, 6.07) is 7.66. The molecule has 3 rings (SSSR count). The molecule has 0 aliphatic heterocycles. The number of thiazole rings is 1. The Morgan fingerprint density at radius 1 is 1.00 bits per heavy atom. The number of benzene rings is 1. The van der Waals surface area contributed by atoms with Gasteiger partial charge >= 0.3 is 6.18 Å². The van der Waals surface area contributed by atoms with Crippen molar-refractivity contribution in [1.29, 1.82) is 0 Å². The summed E-state index contributed by atoms with van der Waals surface area (Å²) in [6.45, 7) is 0. The van der Waals surface area contributed by atoms with Crippen LogP contribution in [-0.2, 0) is 23.8 Å². The predicted molar refractivity (Wildman–Crippen MR) is 98.2 cm³/mol. The first kappa shape index (κ1) is 19.7. The lowest BCUT2D eigenvalue weighted by Gasteiger charge is -2.08. The maximum atomic E-state index is 12.6. The summed E-state index contributed by atoms with van der Waals surface area (Å²) in [5.74, 6) is -0.527. The largest absolute Gasteiger partial charge is 0.416 e. The summed E-state index contributed by atoms with van der Waals surface area (Å²) < 4.78 is 37.7. The number of Topliss-reactive ketones (excluding diaryl/α,β-unsaturated/α-hetero) is 1. The topological polar surface area (TPSA) is 72.0 Å². The van der Waals surface area contributed by atoms with Gasteiger partial charge in [0, 0.05) is 11.1 Å². The summed E-state index contributed by atoms with van der Waals surface area (Å²) in [4.78, 5) is 32.1. The normalized spacial score (nSPS) is 11.2. The molecule has 1 N–H and O–H groups in total. The zero-order chi connectivity index (χ0) is 20.1. The second kappa shape index (κ2) is 8.30. The molecule has 1 amide bonds. The van der Waals surface area contributed by atoms with Gasteiger partial charge in [-0.3, -0.25) is 14.6 Å². The molecular formula is C19H14F3N3O2S. The summed E-state index contributed by atoms with van der Waals surface area (Å²) in [5, 5.41) is 4.29. The molecule has 5 nitrogen and oxygen atoms in total. The van der Waals surface area contributed by atoms with Crippen LogP contribution in [0.2, 0.25) is 0 Å². The maximum Gasteiger partial charge on any atom is 0.416 e. The Kier molecular flexibility index (Phi) is 5.84. The van der Waals surface area contributed by atoms with Crippen molar-refractivity contribution in [3.8, 4) is 0 Å². The average molecular weight is 405 g/mol. The van der Waals surface area contributed by atoms with Crippen molar-refractivity contribution < 1.29 is 22.8 Å². The summed E-state index contributed by atoms with van der Waals surface area (Å²) >= 11 is 1.33. The Morgan fingerprint density at radius 2 is 1.75 bits per heavy atom. The fourth-order valence-electron chi connectivity index (χ4n) is 2.41. The minimum atomic E-state index is -4.41. The van der Waals surface area contributed by atoms with E-state index in [0.717, 1.165) is 12.1 Å². The Morgan fingerprint density at radius 3 is 2.32 bits per heavy atom. The Bertz CT molecular complexity index is 954. The van der Waals surface area contributed by atoms with Gasteiger partial charge in [0.25, 0.3) is 0 Å². The molecule has 2 aromatic heterocycles. The zero-order valence-corrected chi connectivity index (χ0v) is 15.2. The number of carbonyl (C=O) groups is 2. The van der Waals surface area contributed by atoms with E-state index < -0.39 is 11.7 Å². The van der Waals surface area contributed by atoms with Crippen LogP contribution in [0.3, 0.4) is 0 Å². The highest BCUT2D eigenvalue weighted by Gasteiger charge is 2.29. The number of amides is 1. The van der Waals surface area contributed by atoms with E-state index in [1.54, 1.807) is 23.0 Å². The highest BCUT2D eigenvalue weighted by molar-refractivity contribution is 7.07. The monoisotopic (exact) mass is 405 g/mol. The van der Waals surface area contributed by atoms with E-state index in [-0.39, 0.29) is 24.5 Å². The van der Waals surface area contributed by atoms with Gasteiger partial charge < -0.3 is 5.32 Å². The number of pyridine rings is 1. The number of hydrogen-bond donors (Lipinski definition) is 1. The molecule has 0 atom stereocenters. The van der Waals surface area contributed by atoms with E-state index >= 15 is 0 Å². The fraction of sp³-hybridized carbons (Fsp3) is 0.158. The highest BCUT2D eigenvalue weighted by Crippen LogP contribution is 2.29. The Balaban J connectivity index is 1.55. The number of hydrogen-bond acceptors (Lipinski definition) is 5. The summed E-state index contributed by atoms with van der Waals surface area (Å²) in [5.41, 5.74) is 2.64. The molecule has 0 spiro atoms. The summed E-state index contributed by atoms with van der Waals surface area (Å²) in [6.07, 6.45) is -2.95. The lowest BCUT2D eigenvalue weighted by Crippen LogP contribution is -2.15. The highest BCUT2D eigenvalue weighted by atomic mass is 32.1. The van der Waals surface area contributed by atoms with Gasteiger partial charge in [-0.05, 0) is 29.8 Å². The second-order valence-corrected chi connectivity index (χ2v) is 6.65. The first-order valence-corrected chi connectivity index (χ1v) is 9.08. The minimum Gasteiger partial charge on any atom is -0.324 e. The fourth-order valence-corrected chi connectivity index (χ4v) is 2.97. The van der Waals surface area contributed by atoms with Gasteiger partial charge in [0.1, 0.15) is 5.69 Å². The van der Waals surface area contributed by atoms with Crippen LogP contribution in [0.15, 0.2) is 53.5 Å². The Hall–Kier alpha value is -3.07. The standard InChI is InChI=1S/C19H14F3N3O2S/c20-19(21,22)13-3-1-12(2-4-13)7-18(27)25-15-6-5-14(23-9-15)8-17(26)16-10-28-11-24-16/h1-6,9-11H,7-8H2,(H,25,27). The zero-order valence-electron chi connectivity index (χ0n) is 14.4. The smallest absolute Gasteiger partial charge is 0.324 e. The summed E-state index contributed by atoms with van der Waals surface area (Å²) in [7, 11) is 0. The van der Waals surface area contributed by atoms with Crippen molar-refractivity contribution >= 4 is 28.7 Å². The van der Waals surface area contributed by atoms with Crippen molar-refractivity contribution in [2.45, 2.75) is 19.0 Å². The lowest BCUT2D eigenvalue weighted by molar-refractivity contribution is -0.137. The third-order valence-corrected chi connectivity index (χ3v) is 4.40. The van der Waals surface area contributed by atoms with Crippen LogP contribution in [0.4, 0.5) is 18.9 Å². The van der Waals surface area contributed by atoms with E-state index in [0.29, 0.717) is 22.6 Å². The lowest BCUT2D eigenvalue weighted by atomic mass is 10.1. The van der Waals surface area contributed by atoms with Gasteiger partial charge in [-0.1, -0.05) is 12.1 Å². The van der Waals surface area contributed by atoms with Crippen molar-refractivity contribution in [2.75, 3.05) is 5.32 Å². The van der Waals surface area contributed by atoms with E-state index in [9.17, 15) is 22.8 Å². The number of nitrogens with zero attached hydrogens (tertiary/aromatic N) is 2. The quantitative estimate of drug-likeness (QED) is 0.625. The van der Waals surface area contributed by atoms with Gasteiger partial charge in [-0.25, -0.2) is 4.98 Å². The van der Waals surface area contributed by atoms with Crippen LogP contribution >= 0.6 is 11.3 Å². The molecule has 1 aromatic carbocycles. The van der Waals surface area contributed by atoms with Gasteiger partial charge in [0.15, 0.2) is 5.78 Å². The van der Waals surface area contributed by atoms with Crippen LogP contribution in [0.5, 0.6) is 0 Å². The molecule has 0 aliphatic rings. The van der Waals surface area contributed by atoms with Crippen LogP contribution in [0.1, 0.15) is 27.3 Å².